The minimum atomic E-state index is -1.03. The van der Waals surface area contributed by atoms with Crippen molar-refractivity contribution in [3.05, 3.63) is 45.6 Å². The van der Waals surface area contributed by atoms with Crippen LogP contribution >= 0.6 is 0 Å². The molecule has 0 amide bonds. The first-order valence-corrected chi connectivity index (χ1v) is 8.71. The molecular weight excluding hydrogens is 396 g/mol. The number of nitrogens with zero attached hydrogens (tertiary/aromatic N) is 4. The number of aryl methyl sites for hydroxylation is 1. The first-order chi connectivity index (χ1) is 14.3. The third kappa shape index (κ3) is 5.20. The van der Waals surface area contributed by atoms with Gasteiger partial charge in [0.1, 0.15) is 11.6 Å². The Kier molecular flexibility index (Phi) is 7.24. The molecule has 2 rings (SSSR count). The SMILES string of the molecule is CCOC(=O)C(C#N)=Cc1cn(CCC(=O)O)nc1-c1ccc(OC)c([N+](=O)[O-])c1. The summed E-state index contributed by atoms with van der Waals surface area (Å²) in [7, 11) is 1.30. The molecule has 2 aromatic rings. The molecule has 0 spiro atoms. The number of aliphatic carboxylic acids is 1. The molecule has 0 aliphatic rings. The Morgan fingerprint density at radius 2 is 2.17 bits per heavy atom. The zero-order chi connectivity index (χ0) is 22.3. The summed E-state index contributed by atoms with van der Waals surface area (Å²) in [4.78, 5) is 33.5. The van der Waals surface area contributed by atoms with Gasteiger partial charge in [0.05, 0.1) is 37.3 Å². The van der Waals surface area contributed by atoms with Gasteiger partial charge >= 0.3 is 17.6 Å². The molecule has 1 N–H and O–H groups in total. The molecule has 0 saturated carbocycles. The molecule has 1 aromatic heterocycles. The van der Waals surface area contributed by atoms with Crippen LogP contribution in [0.4, 0.5) is 5.69 Å². The lowest BCUT2D eigenvalue weighted by Gasteiger charge is -2.05. The van der Waals surface area contributed by atoms with Gasteiger partial charge in [-0.25, -0.2) is 4.79 Å². The number of carboxylic acids is 1. The molecule has 0 bridgehead atoms. The quantitative estimate of drug-likeness (QED) is 0.214. The van der Waals surface area contributed by atoms with Gasteiger partial charge in [-0.3, -0.25) is 19.6 Å². The smallest absolute Gasteiger partial charge is 0.348 e. The molecular formula is C19H18N4O7. The Balaban J connectivity index is 2.61. The molecule has 156 valence electrons. The average Bonchev–Trinajstić information content (AvgIpc) is 3.12. The predicted octanol–water partition coefficient (Wildman–Crippen LogP) is 2.41. The van der Waals surface area contributed by atoms with E-state index in [1.807, 2.05) is 0 Å². The second-order valence-corrected chi connectivity index (χ2v) is 5.87. The second-order valence-electron chi connectivity index (χ2n) is 5.87. The minimum absolute atomic E-state index is 0.0235. The number of carbonyl (C=O) groups excluding carboxylic acids is 1. The van der Waals surface area contributed by atoms with Crippen molar-refractivity contribution in [2.45, 2.75) is 19.9 Å². The highest BCUT2D eigenvalue weighted by Gasteiger charge is 2.20. The Hall–Kier alpha value is -4.20. The second kappa shape index (κ2) is 9.83. The summed E-state index contributed by atoms with van der Waals surface area (Å²) >= 11 is 0. The molecule has 11 heteroatoms. The van der Waals surface area contributed by atoms with Crippen LogP contribution in [-0.4, -0.2) is 45.5 Å². The average molecular weight is 414 g/mol. The highest BCUT2D eigenvalue weighted by molar-refractivity contribution is 5.98. The van der Waals surface area contributed by atoms with E-state index in [2.05, 4.69) is 5.10 Å². The van der Waals surface area contributed by atoms with E-state index in [0.717, 1.165) is 0 Å². The van der Waals surface area contributed by atoms with Gasteiger partial charge in [0.2, 0.25) is 0 Å². The maximum absolute atomic E-state index is 12.0. The fourth-order valence-corrected chi connectivity index (χ4v) is 2.57. The monoisotopic (exact) mass is 414 g/mol. The molecule has 0 unspecified atom stereocenters. The normalized spacial score (nSPS) is 10.9. The number of nitro benzene ring substituents is 1. The van der Waals surface area contributed by atoms with Crippen molar-refractivity contribution >= 4 is 23.7 Å². The summed E-state index contributed by atoms with van der Waals surface area (Å²) in [5, 5.41) is 33.8. The van der Waals surface area contributed by atoms with E-state index >= 15 is 0 Å². The number of ether oxygens (including phenoxy) is 2. The summed E-state index contributed by atoms with van der Waals surface area (Å²) in [5.74, 6) is -1.81. The molecule has 30 heavy (non-hydrogen) atoms. The summed E-state index contributed by atoms with van der Waals surface area (Å²) in [6.45, 7) is 1.70. The van der Waals surface area contributed by atoms with Crippen LogP contribution in [0.2, 0.25) is 0 Å². The summed E-state index contributed by atoms with van der Waals surface area (Å²) in [6, 6.07) is 5.92. The standard InChI is InChI=1S/C19H18N4O7/c1-3-30-19(26)13(10-20)8-14-11-22(7-6-17(24)25)21-18(14)12-4-5-16(29-2)15(9-12)23(27)28/h4-5,8-9,11H,3,6-7H2,1-2H3,(H,24,25). The number of carbonyl (C=O) groups is 2. The van der Waals surface area contributed by atoms with E-state index < -0.39 is 16.9 Å². The number of nitriles is 1. The number of hydrogen-bond donors (Lipinski definition) is 1. The third-order valence-electron chi connectivity index (χ3n) is 3.91. The fourth-order valence-electron chi connectivity index (χ4n) is 2.57. The van der Waals surface area contributed by atoms with Crippen molar-refractivity contribution in [2.75, 3.05) is 13.7 Å². The lowest BCUT2D eigenvalue weighted by atomic mass is 10.1. The van der Waals surface area contributed by atoms with Crippen LogP contribution in [0.3, 0.4) is 0 Å². The number of nitro groups is 1. The van der Waals surface area contributed by atoms with E-state index in [1.54, 1.807) is 13.0 Å². The predicted molar refractivity (Wildman–Crippen MR) is 103 cm³/mol. The molecule has 0 aliphatic heterocycles. The number of aromatic nitrogens is 2. The summed E-state index contributed by atoms with van der Waals surface area (Å²) < 4.78 is 11.2. The largest absolute Gasteiger partial charge is 0.490 e. The van der Waals surface area contributed by atoms with Gasteiger partial charge in [-0.05, 0) is 25.1 Å². The van der Waals surface area contributed by atoms with E-state index in [4.69, 9.17) is 14.6 Å². The Morgan fingerprint density at radius 1 is 1.43 bits per heavy atom. The van der Waals surface area contributed by atoms with Crippen LogP contribution in [0.25, 0.3) is 17.3 Å². The number of hydrogen-bond acceptors (Lipinski definition) is 8. The van der Waals surface area contributed by atoms with Gasteiger partial charge in [0, 0.05) is 23.4 Å². The van der Waals surface area contributed by atoms with E-state index in [1.165, 1.54) is 42.3 Å². The number of rotatable bonds is 9. The van der Waals surface area contributed by atoms with Gasteiger partial charge in [0.15, 0.2) is 5.75 Å². The summed E-state index contributed by atoms with van der Waals surface area (Å²) in [5.41, 5.74) is 0.256. The number of methoxy groups -OCH3 is 1. The Labute approximate surface area is 170 Å². The number of benzene rings is 1. The van der Waals surface area contributed by atoms with Crippen LogP contribution in [-0.2, 0) is 20.9 Å². The van der Waals surface area contributed by atoms with Gasteiger partial charge in [-0.2, -0.15) is 10.4 Å². The van der Waals surface area contributed by atoms with E-state index in [9.17, 15) is 25.0 Å². The molecule has 0 atom stereocenters. The first kappa shape index (κ1) is 22.1. The van der Waals surface area contributed by atoms with Gasteiger partial charge in [-0.15, -0.1) is 0 Å². The fraction of sp³-hybridized carbons (Fsp3) is 0.263. The zero-order valence-corrected chi connectivity index (χ0v) is 16.2. The first-order valence-electron chi connectivity index (χ1n) is 8.71. The summed E-state index contributed by atoms with van der Waals surface area (Å²) in [6.07, 6.45) is 2.48. The van der Waals surface area contributed by atoms with Crippen molar-refractivity contribution in [2.24, 2.45) is 0 Å². The molecule has 0 fully saturated rings. The minimum Gasteiger partial charge on any atom is -0.490 e. The van der Waals surface area contributed by atoms with Crippen LogP contribution in [0.15, 0.2) is 30.0 Å². The van der Waals surface area contributed by atoms with Gasteiger partial charge in [-0.1, -0.05) is 0 Å². The van der Waals surface area contributed by atoms with Crippen LogP contribution in [0.1, 0.15) is 18.9 Å². The van der Waals surface area contributed by atoms with E-state index in [-0.39, 0.29) is 42.3 Å². The Morgan fingerprint density at radius 3 is 2.73 bits per heavy atom. The molecule has 0 saturated heterocycles. The van der Waals surface area contributed by atoms with Gasteiger partial charge < -0.3 is 14.6 Å². The topological polar surface area (TPSA) is 158 Å². The molecule has 0 aliphatic carbocycles. The van der Waals surface area contributed by atoms with Gasteiger partial charge in [0.25, 0.3) is 0 Å². The lowest BCUT2D eigenvalue weighted by Crippen LogP contribution is -2.06. The van der Waals surface area contributed by atoms with Crippen LogP contribution < -0.4 is 4.74 Å². The highest BCUT2D eigenvalue weighted by atomic mass is 16.6. The zero-order valence-electron chi connectivity index (χ0n) is 16.2. The van der Waals surface area contributed by atoms with Crippen molar-refractivity contribution in [1.29, 1.82) is 5.26 Å². The Bertz CT molecular complexity index is 1050. The lowest BCUT2D eigenvalue weighted by molar-refractivity contribution is -0.385. The maximum Gasteiger partial charge on any atom is 0.348 e. The van der Waals surface area contributed by atoms with Crippen molar-refractivity contribution < 1.29 is 29.1 Å². The molecule has 0 radical (unpaired) electrons. The maximum atomic E-state index is 12.0. The molecule has 1 heterocycles. The highest BCUT2D eigenvalue weighted by Crippen LogP contribution is 2.33. The van der Waals surface area contributed by atoms with Crippen LogP contribution in [0.5, 0.6) is 5.75 Å². The number of esters is 1. The molecule has 11 nitrogen and oxygen atoms in total. The van der Waals surface area contributed by atoms with Crippen LogP contribution in [0, 0.1) is 21.4 Å². The van der Waals surface area contributed by atoms with Crippen molar-refractivity contribution in [1.82, 2.24) is 9.78 Å². The number of carboxylic acid groups (broad SMARTS) is 1. The molecule has 1 aromatic carbocycles. The third-order valence-corrected chi connectivity index (χ3v) is 3.91. The van der Waals surface area contributed by atoms with E-state index in [0.29, 0.717) is 11.1 Å². The van der Waals surface area contributed by atoms with Crippen molar-refractivity contribution in [3.8, 4) is 23.1 Å². The van der Waals surface area contributed by atoms with Crippen molar-refractivity contribution in [3.63, 3.8) is 0 Å².